The van der Waals surface area contributed by atoms with Crippen LogP contribution in [0.2, 0.25) is 0 Å². The SMILES string of the molecule is CC(NC(C)c1nccn1C)C(=O)N(C)C. The molecule has 0 spiro atoms. The van der Waals surface area contributed by atoms with E-state index in [0.29, 0.717) is 0 Å². The molecule has 0 aliphatic heterocycles. The second-order valence-corrected chi connectivity index (χ2v) is 4.24. The van der Waals surface area contributed by atoms with Crippen LogP contribution in [0.1, 0.15) is 25.7 Å². The van der Waals surface area contributed by atoms with Gasteiger partial charge in [0.25, 0.3) is 0 Å². The summed E-state index contributed by atoms with van der Waals surface area (Å²) in [5, 5.41) is 3.23. The zero-order valence-electron chi connectivity index (χ0n) is 10.6. The molecule has 2 unspecified atom stereocenters. The third-order valence-corrected chi connectivity index (χ3v) is 2.56. The third-order valence-electron chi connectivity index (χ3n) is 2.56. The Hall–Kier alpha value is -1.36. The summed E-state index contributed by atoms with van der Waals surface area (Å²) in [4.78, 5) is 17.5. The second kappa shape index (κ2) is 5.12. The van der Waals surface area contributed by atoms with Gasteiger partial charge in [-0.15, -0.1) is 0 Å². The summed E-state index contributed by atoms with van der Waals surface area (Å²) in [7, 11) is 5.46. The van der Waals surface area contributed by atoms with Crippen LogP contribution in [0.15, 0.2) is 12.4 Å². The molecule has 16 heavy (non-hydrogen) atoms. The molecular formula is C11H20N4O. The van der Waals surface area contributed by atoms with E-state index < -0.39 is 0 Å². The summed E-state index contributed by atoms with van der Waals surface area (Å²) >= 11 is 0. The summed E-state index contributed by atoms with van der Waals surface area (Å²) in [5.74, 6) is 1.000. The van der Waals surface area contributed by atoms with E-state index in [-0.39, 0.29) is 18.0 Å². The maximum atomic E-state index is 11.7. The molecular weight excluding hydrogens is 204 g/mol. The number of aromatic nitrogens is 2. The standard InChI is InChI=1S/C11H20N4O/c1-8(10-12-6-7-15(10)5)13-9(2)11(16)14(3)4/h6-9,13H,1-5H3. The van der Waals surface area contributed by atoms with Crippen molar-refractivity contribution in [3.8, 4) is 0 Å². The van der Waals surface area contributed by atoms with Crippen LogP contribution < -0.4 is 5.32 Å². The van der Waals surface area contributed by atoms with Crippen LogP contribution in [-0.2, 0) is 11.8 Å². The predicted octanol–water partition coefficient (Wildman–Crippen LogP) is 0.547. The first kappa shape index (κ1) is 12.7. The lowest BCUT2D eigenvalue weighted by Crippen LogP contribution is -2.42. The monoisotopic (exact) mass is 224 g/mol. The number of carbonyl (C=O) groups is 1. The number of likely N-dealkylation sites (N-methyl/N-ethyl adjacent to an activating group) is 1. The van der Waals surface area contributed by atoms with E-state index in [2.05, 4.69) is 10.3 Å². The molecule has 0 bridgehead atoms. The van der Waals surface area contributed by atoms with Gasteiger partial charge in [0.1, 0.15) is 5.82 Å². The van der Waals surface area contributed by atoms with Gasteiger partial charge in [-0.05, 0) is 13.8 Å². The fourth-order valence-electron chi connectivity index (χ4n) is 1.70. The lowest BCUT2D eigenvalue weighted by atomic mass is 10.2. The van der Waals surface area contributed by atoms with Crippen molar-refractivity contribution in [1.82, 2.24) is 19.8 Å². The van der Waals surface area contributed by atoms with E-state index in [1.165, 1.54) is 0 Å². The maximum Gasteiger partial charge on any atom is 0.238 e. The minimum Gasteiger partial charge on any atom is -0.347 e. The quantitative estimate of drug-likeness (QED) is 0.812. The van der Waals surface area contributed by atoms with Crippen LogP contribution in [0.3, 0.4) is 0 Å². The molecule has 2 atom stereocenters. The predicted molar refractivity (Wildman–Crippen MR) is 62.9 cm³/mol. The highest BCUT2D eigenvalue weighted by molar-refractivity contribution is 5.80. The number of amides is 1. The van der Waals surface area contributed by atoms with Crippen molar-refractivity contribution in [2.75, 3.05) is 14.1 Å². The Balaban J connectivity index is 2.62. The number of rotatable bonds is 4. The van der Waals surface area contributed by atoms with E-state index in [1.807, 2.05) is 31.7 Å². The van der Waals surface area contributed by atoms with E-state index in [9.17, 15) is 4.79 Å². The molecule has 0 fully saturated rings. The largest absolute Gasteiger partial charge is 0.347 e. The van der Waals surface area contributed by atoms with Gasteiger partial charge in [-0.2, -0.15) is 0 Å². The molecule has 0 radical (unpaired) electrons. The van der Waals surface area contributed by atoms with Gasteiger partial charge in [0, 0.05) is 33.5 Å². The molecule has 1 aromatic heterocycles. The number of carbonyl (C=O) groups excluding carboxylic acids is 1. The van der Waals surface area contributed by atoms with E-state index in [4.69, 9.17) is 0 Å². The Bertz CT molecular complexity index is 359. The fraction of sp³-hybridized carbons (Fsp3) is 0.636. The van der Waals surface area contributed by atoms with Crippen molar-refractivity contribution < 1.29 is 4.79 Å². The lowest BCUT2D eigenvalue weighted by molar-refractivity contribution is -0.130. The molecule has 1 rings (SSSR count). The van der Waals surface area contributed by atoms with Gasteiger partial charge >= 0.3 is 0 Å². The van der Waals surface area contributed by atoms with Crippen LogP contribution in [0.5, 0.6) is 0 Å². The minimum absolute atomic E-state index is 0.0545. The van der Waals surface area contributed by atoms with Gasteiger partial charge in [0.15, 0.2) is 0 Å². The van der Waals surface area contributed by atoms with Crippen molar-refractivity contribution >= 4 is 5.91 Å². The summed E-state index contributed by atoms with van der Waals surface area (Å²) in [5.41, 5.74) is 0. The highest BCUT2D eigenvalue weighted by Gasteiger charge is 2.19. The van der Waals surface area contributed by atoms with Gasteiger partial charge in [-0.1, -0.05) is 0 Å². The molecule has 0 aliphatic rings. The van der Waals surface area contributed by atoms with Crippen LogP contribution in [0, 0.1) is 0 Å². The maximum absolute atomic E-state index is 11.7. The second-order valence-electron chi connectivity index (χ2n) is 4.24. The average Bonchev–Trinajstić information content (AvgIpc) is 2.62. The minimum atomic E-state index is -0.207. The van der Waals surface area contributed by atoms with Gasteiger partial charge in [-0.3, -0.25) is 10.1 Å². The number of aryl methyl sites for hydroxylation is 1. The Morgan fingerprint density at radius 1 is 1.50 bits per heavy atom. The fourth-order valence-corrected chi connectivity index (χ4v) is 1.70. The first-order valence-corrected chi connectivity index (χ1v) is 5.38. The van der Waals surface area contributed by atoms with Crippen molar-refractivity contribution in [2.45, 2.75) is 25.9 Å². The molecule has 1 aromatic rings. The first-order valence-electron chi connectivity index (χ1n) is 5.38. The van der Waals surface area contributed by atoms with E-state index >= 15 is 0 Å². The zero-order valence-corrected chi connectivity index (χ0v) is 10.6. The number of nitrogens with one attached hydrogen (secondary N) is 1. The molecule has 0 saturated heterocycles. The van der Waals surface area contributed by atoms with Gasteiger partial charge in [0.05, 0.1) is 12.1 Å². The number of imidazole rings is 1. The molecule has 1 N–H and O–H groups in total. The first-order chi connectivity index (χ1) is 7.43. The van der Waals surface area contributed by atoms with Gasteiger partial charge in [0.2, 0.25) is 5.91 Å². The molecule has 1 heterocycles. The summed E-state index contributed by atoms with van der Waals surface area (Å²) in [6.07, 6.45) is 3.65. The number of nitrogens with zero attached hydrogens (tertiary/aromatic N) is 3. The van der Waals surface area contributed by atoms with Crippen molar-refractivity contribution in [3.05, 3.63) is 18.2 Å². The Morgan fingerprint density at radius 2 is 2.12 bits per heavy atom. The average molecular weight is 224 g/mol. The van der Waals surface area contributed by atoms with Crippen molar-refractivity contribution in [2.24, 2.45) is 7.05 Å². The van der Waals surface area contributed by atoms with E-state index in [0.717, 1.165) is 5.82 Å². The smallest absolute Gasteiger partial charge is 0.238 e. The normalized spacial score (nSPS) is 14.6. The van der Waals surface area contributed by atoms with Crippen LogP contribution in [-0.4, -0.2) is 40.5 Å². The zero-order chi connectivity index (χ0) is 12.3. The van der Waals surface area contributed by atoms with Crippen LogP contribution in [0.25, 0.3) is 0 Å². The van der Waals surface area contributed by atoms with Crippen LogP contribution >= 0.6 is 0 Å². The topological polar surface area (TPSA) is 50.2 Å². The third kappa shape index (κ3) is 2.82. The number of hydrogen-bond acceptors (Lipinski definition) is 3. The lowest BCUT2D eigenvalue weighted by Gasteiger charge is -2.21. The molecule has 0 aliphatic carbocycles. The molecule has 0 saturated carbocycles. The highest BCUT2D eigenvalue weighted by atomic mass is 16.2. The Kier molecular flexibility index (Phi) is 4.06. The van der Waals surface area contributed by atoms with Crippen molar-refractivity contribution in [1.29, 1.82) is 0 Å². The summed E-state index contributed by atoms with van der Waals surface area (Å²) < 4.78 is 1.95. The molecule has 1 amide bonds. The summed E-state index contributed by atoms with van der Waals surface area (Å²) in [6.45, 7) is 3.86. The Morgan fingerprint density at radius 3 is 2.56 bits per heavy atom. The molecule has 5 nitrogen and oxygen atoms in total. The molecule has 0 aromatic carbocycles. The highest BCUT2D eigenvalue weighted by Crippen LogP contribution is 2.09. The van der Waals surface area contributed by atoms with Crippen molar-refractivity contribution in [3.63, 3.8) is 0 Å². The van der Waals surface area contributed by atoms with Crippen LogP contribution in [0.4, 0.5) is 0 Å². The number of hydrogen-bond donors (Lipinski definition) is 1. The van der Waals surface area contributed by atoms with E-state index in [1.54, 1.807) is 25.2 Å². The molecule has 5 heteroatoms. The van der Waals surface area contributed by atoms with Gasteiger partial charge < -0.3 is 9.47 Å². The molecule has 90 valence electrons. The van der Waals surface area contributed by atoms with Gasteiger partial charge in [-0.25, -0.2) is 4.98 Å². The Labute approximate surface area is 96.5 Å². The summed E-state index contributed by atoms with van der Waals surface area (Å²) in [6, 6.07) is -0.152.